The van der Waals surface area contributed by atoms with Crippen molar-refractivity contribution in [2.24, 2.45) is 0 Å². The molecule has 2 amide bonds. The van der Waals surface area contributed by atoms with Crippen molar-refractivity contribution in [2.75, 3.05) is 13.1 Å². The maximum atomic E-state index is 12.5. The number of carbonyl (C=O) groups excluding carboxylic acids is 1. The molecule has 1 saturated heterocycles. The third kappa shape index (κ3) is 4.57. The number of carbonyl (C=O) groups is 1. The first-order valence-electron chi connectivity index (χ1n) is 11.8. The average Bonchev–Trinajstić information content (AvgIpc) is 3.32. The summed E-state index contributed by atoms with van der Waals surface area (Å²) in [5, 5.41) is 26.3. The van der Waals surface area contributed by atoms with Crippen molar-refractivity contribution >= 4 is 6.03 Å². The van der Waals surface area contributed by atoms with Crippen LogP contribution >= 0.6 is 0 Å². The van der Waals surface area contributed by atoms with Gasteiger partial charge < -0.3 is 24.6 Å². The van der Waals surface area contributed by atoms with E-state index < -0.39 is 6.10 Å². The second-order valence-electron chi connectivity index (χ2n) is 9.24. The van der Waals surface area contributed by atoms with Crippen LogP contribution in [-0.2, 0) is 6.42 Å². The predicted octanol–water partition coefficient (Wildman–Crippen LogP) is 3.83. The molecule has 1 aliphatic carbocycles. The van der Waals surface area contributed by atoms with Gasteiger partial charge in [0.2, 0.25) is 5.82 Å². The Morgan fingerprint density at radius 2 is 2.14 bits per heavy atom. The summed E-state index contributed by atoms with van der Waals surface area (Å²) < 4.78 is 11.3. The van der Waals surface area contributed by atoms with E-state index in [1.807, 2.05) is 32.0 Å². The van der Waals surface area contributed by atoms with Crippen molar-refractivity contribution in [1.82, 2.24) is 20.4 Å². The van der Waals surface area contributed by atoms with Crippen LogP contribution in [0.4, 0.5) is 4.79 Å². The largest absolute Gasteiger partial charge is 0.490 e. The molecule has 3 aromatic rings. The third-order valence-electron chi connectivity index (χ3n) is 6.33. The predicted molar refractivity (Wildman–Crippen MR) is 127 cm³/mol. The summed E-state index contributed by atoms with van der Waals surface area (Å²) in [5.74, 6) is 1.31. The SMILES string of the molecule is CC(C)Oc1ccc(-c2nc(-c3cccc4c3CCC[C@@H]4NC(=O)N3CC(O)C3)no2)cc1C#N. The van der Waals surface area contributed by atoms with Gasteiger partial charge in [0, 0.05) is 11.1 Å². The molecule has 0 saturated carbocycles. The highest BCUT2D eigenvalue weighted by molar-refractivity contribution is 5.76. The molecule has 9 nitrogen and oxygen atoms in total. The topological polar surface area (TPSA) is 125 Å². The van der Waals surface area contributed by atoms with E-state index in [1.165, 1.54) is 0 Å². The number of hydrogen-bond acceptors (Lipinski definition) is 7. The number of nitrogens with one attached hydrogen (secondary N) is 1. The number of aliphatic hydroxyl groups is 1. The lowest BCUT2D eigenvalue weighted by atomic mass is 9.84. The summed E-state index contributed by atoms with van der Waals surface area (Å²) in [6, 6.07) is 13.1. The summed E-state index contributed by atoms with van der Waals surface area (Å²) in [5.41, 5.74) is 4.07. The Kier molecular flexibility index (Phi) is 6.14. The minimum Gasteiger partial charge on any atom is -0.490 e. The van der Waals surface area contributed by atoms with Gasteiger partial charge >= 0.3 is 6.03 Å². The fourth-order valence-electron chi connectivity index (χ4n) is 4.63. The Morgan fingerprint density at radius 3 is 2.89 bits per heavy atom. The van der Waals surface area contributed by atoms with E-state index in [0.29, 0.717) is 41.7 Å². The van der Waals surface area contributed by atoms with Crippen LogP contribution in [0.5, 0.6) is 5.75 Å². The number of β-amino-alcohol motifs (C(OH)–C–C–N with tert-alkyl or cyclic N) is 1. The Labute approximate surface area is 203 Å². The number of amides is 2. The van der Waals surface area contributed by atoms with E-state index in [2.05, 4.69) is 21.5 Å². The van der Waals surface area contributed by atoms with Gasteiger partial charge in [0.15, 0.2) is 0 Å². The van der Waals surface area contributed by atoms with Crippen molar-refractivity contribution < 1.29 is 19.2 Å². The number of rotatable bonds is 5. The van der Waals surface area contributed by atoms with Gasteiger partial charge in [-0.25, -0.2) is 4.79 Å². The zero-order valence-electron chi connectivity index (χ0n) is 19.7. The average molecular weight is 474 g/mol. The van der Waals surface area contributed by atoms with Crippen LogP contribution in [0.1, 0.15) is 49.4 Å². The molecule has 5 rings (SSSR count). The van der Waals surface area contributed by atoms with E-state index in [1.54, 1.807) is 23.1 Å². The minimum absolute atomic E-state index is 0.0432. The Morgan fingerprint density at radius 1 is 1.31 bits per heavy atom. The third-order valence-corrected chi connectivity index (χ3v) is 6.33. The molecule has 0 bridgehead atoms. The number of fused-ring (bicyclic) bond motifs is 1. The summed E-state index contributed by atoms with van der Waals surface area (Å²) in [6.45, 7) is 4.56. The van der Waals surface area contributed by atoms with Crippen LogP contribution in [0.15, 0.2) is 40.9 Å². The molecular weight excluding hydrogens is 446 g/mol. The van der Waals surface area contributed by atoms with E-state index >= 15 is 0 Å². The molecule has 2 heterocycles. The molecule has 2 aliphatic rings. The molecule has 1 atom stereocenters. The summed E-state index contributed by atoms with van der Waals surface area (Å²) in [6.07, 6.45) is 2.15. The highest BCUT2D eigenvalue weighted by atomic mass is 16.5. The molecule has 0 spiro atoms. The molecular formula is C26H27N5O4. The zero-order valence-corrected chi connectivity index (χ0v) is 19.7. The summed E-state index contributed by atoms with van der Waals surface area (Å²) >= 11 is 0. The fraction of sp³-hybridized carbons (Fsp3) is 0.385. The monoisotopic (exact) mass is 473 g/mol. The molecule has 180 valence electrons. The van der Waals surface area contributed by atoms with E-state index in [0.717, 1.165) is 36.0 Å². The molecule has 1 aromatic heterocycles. The van der Waals surface area contributed by atoms with Crippen molar-refractivity contribution in [3.63, 3.8) is 0 Å². The number of aromatic nitrogens is 2. The summed E-state index contributed by atoms with van der Waals surface area (Å²) in [4.78, 5) is 18.8. The zero-order chi connectivity index (χ0) is 24.5. The molecule has 1 aliphatic heterocycles. The molecule has 0 unspecified atom stereocenters. The van der Waals surface area contributed by atoms with Crippen LogP contribution in [0.3, 0.4) is 0 Å². The van der Waals surface area contributed by atoms with Gasteiger partial charge in [-0.15, -0.1) is 0 Å². The Bertz CT molecular complexity index is 1290. The highest BCUT2D eigenvalue weighted by Gasteiger charge is 2.32. The molecule has 1 fully saturated rings. The Balaban J connectivity index is 1.40. The number of nitrogens with zero attached hydrogens (tertiary/aromatic N) is 4. The van der Waals surface area contributed by atoms with Gasteiger partial charge in [-0.05, 0) is 62.4 Å². The molecule has 2 N–H and O–H groups in total. The van der Waals surface area contributed by atoms with Crippen LogP contribution in [-0.4, -0.2) is 51.5 Å². The molecule has 35 heavy (non-hydrogen) atoms. The molecule has 0 radical (unpaired) electrons. The lowest BCUT2D eigenvalue weighted by Crippen LogP contribution is -2.57. The number of aliphatic hydroxyl groups excluding tert-OH is 1. The number of likely N-dealkylation sites (tertiary alicyclic amines) is 1. The lowest BCUT2D eigenvalue weighted by Gasteiger charge is -2.37. The maximum Gasteiger partial charge on any atom is 0.318 e. The number of nitriles is 1. The van der Waals surface area contributed by atoms with Gasteiger partial charge in [0.05, 0.1) is 36.9 Å². The van der Waals surface area contributed by atoms with Gasteiger partial charge in [-0.1, -0.05) is 23.4 Å². The van der Waals surface area contributed by atoms with Crippen molar-refractivity contribution in [1.29, 1.82) is 5.26 Å². The highest BCUT2D eigenvalue weighted by Crippen LogP contribution is 2.36. The van der Waals surface area contributed by atoms with Gasteiger partial charge in [-0.2, -0.15) is 10.2 Å². The van der Waals surface area contributed by atoms with Gasteiger partial charge in [0.1, 0.15) is 11.8 Å². The second-order valence-corrected chi connectivity index (χ2v) is 9.24. The molecule has 9 heteroatoms. The maximum absolute atomic E-state index is 12.5. The van der Waals surface area contributed by atoms with Gasteiger partial charge in [0.25, 0.3) is 5.89 Å². The number of urea groups is 1. The lowest BCUT2D eigenvalue weighted by molar-refractivity contribution is 0.0256. The van der Waals surface area contributed by atoms with Crippen molar-refractivity contribution in [2.45, 2.75) is 51.4 Å². The van der Waals surface area contributed by atoms with E-state index in [4.69, 9.17) is 9.26 Å². The number of benzene rings is 2. The summed E-state index contributed by atoms with van der Waals surface area (Å²) in [7, 11) is 0. The first-order valence-corrected chi connectivity index (χ1v) is 11.8. The van der Waals surface area contributed by atoms with Crippen LogP contribution in [0.25, 0.3) is 22.8 Å². The Hall–Kier alpha value is -3.90. The van der Waals surface area contributed by atoms with E-state index in [-0.39, 0.29) is 18.2 Å². The molecule has 2 aromatic carbocycles. The second kappa shape index (κ2) is 9.39. The van der Waals surface area contributed by atoms with E-state index in [9.17, 15) is 15.2 Å². The van der Waals surface area contributed by atoms with Crippen LogP contribution in [0.2, 0.25) is 0 Å². The van der Waals surface area contributed by atoms with Crippen LogP contribution < -0.4 is 10.1 Å². The minimum atomic E-state index is -0.429. The van der Waals surface area contributed by atoms with Crippen molar-refractivity contribution in [3.8, 4) is 34.7 Å². The first kappa shape index (κ1) is 22.9. The van der Waals surface area contributed by atoms with Crippen LogP contribution in [0, 0.1) is 11.3 Å². The number of ether oxygens (including phenoxy) is 1. The smallest absolute Gasteiger partial charge is 0.318 e. The van der Waals surface area contributed by atoms with Gasteiger partial charge in [-0.3, -0.25) is 0 Å². The normalized spacial score (nSPS) is 17.5. The number of hydrogen-bond donors (Lipinski definition) is 2. The quantitative estimate of drug-likeness (QED) is 0.577. The first-order chi connectivity index (χ1) is 16.9. The standard InChI is InChI=1S/C26H27N5O4/c1-15(2)34-23-10-9-16(11-17(23)12-27)25-29-24(30-35-25)21-7-3-6-20-19(21)5-4-8-22(20)28-26(33)31-13-18(32)14-31/h3,6-7,9-11,15,18,22,32H,4-5,8,13-14H2,1-2H3,(H,28,33)/t22-/m0/s1. The van der Waals surface area contributed by atoms with Crippen molar-refractivity contribution in [3.05, 3.63) is 53.1 Å². The fourth-order valence-corrected chi connectivity index (χ4v) is 4.63.